The molecular weight excluding hydrogens is 248 g/mol. The number of hydrogen-bond acceptors (Lipinski definition) is 4. The third-order valence-corrected chi connectivity index (χ3v) is 3.53. The van der Waals surface area contributed by atoms with Crippen LogP contribution in [0.4, 0.5) is 4.39 Å². The van der Waals surface area contributed by atoms with Gasteiger partial charge in [-0.05, 0) is 24.3 Å². The zero-order chi connectivity index (χ0) is 12.4. The second-order valence-electron chi connectivity index (χ2n) is 3.44. The van der Waals surface area contributed by atoms with Gasteiger partial charge in [-0.15, -0.1) is 0 Å². The van der Waals surface area contributed by atoms with Gasteiger partial charge in [0.1, 0.15) is 11.6 Å². The minimum Gasteiger partial charge on any atom is -0.430 e. The Labute approximate surface area is 97.1 Å². The second kappa shape index (κ2) is 4.67. The van der Waals surface area contributed by atoms with Gasteiger partial charge in [0.15, 0.2) is 0 Å². The summed E-state index contributed by atoms with van der Waals surface area (Å²) in [6.07, 6.45) is 0.115. The molecule has 0 radical (unpaired) electrons. The van der Waals surface area contributed by atoms with Crippen molar-refractivity contribution >= 4 is 20.0 Å². The molecule has 1 heterocycles. The van der Waals surface area contributed by atoms with E-state index in [0.29, 0.717) is 4.67 Å². The summed E-state index contributed by atoms with van der Waals surface area (Å²) in [4.78, 5) is 22.5. The second-order valence-corrected chi connectivity index (χ2v) is 4.63. The summed E-state index contributed by atoms with van der Waals surface area (Å²) in [6.45, 7) is 0. The van der Waals surface area contributed by atoms with Crippen molar-refractivity contribution in [3.63, 3.8) is 0 Å². The van der Waals surface area contributed by atoms with Crippen molar-refractivity contribution < 1.29 is 23.1 Å². The molecule has 0 bridgehead atoms. The highest BCUT2D eigenvalue weighted by Gasteiger charge is 2.34. The van der Waals surface area contributed by atoms with E-state index in [9.17, 15) is 18.5 Å². The van der Waals surface area contributed by atoms with Crippen LogP contribution in [0.25, 0.3) is 0 Å². The van der Waals surface area contributed by atoms with Crippen LogP contribution in [0.1, 0.15) is 12.8 Å². The van der Waals surface area contributed by atoms with Gasteiger partial charge in [0.25, 0.3) is 0 Å². The number of carbonyl (C=O) groups excluding carboxylic acids is 2. The molecule has 0 aromatic heterocycles. The molecule has 2 amide bonds. The molecule has 5 nitrogen and oxygen atoms in total. The zero-order valence-corrected chi connectivity index (χ0v) is 9.68. The quantitative estimate of drug-likeness (QED) is 0.611. The molecule has 0 N–H and O–H groups in total. The zero-order valence-electron chi connectivity index (χ0n) is 8.68. The van der Waals surface area contributed by atoms with Gasteiger partial charge in [0.2, 0.25) is 11.8 Å². The van der Waals surface area contributed by atoms with E-state index in [4.69, 9.17) is 4.52 Å². The molecule has 1 atom stereocenters. The third kappa shape index (κ3) is 2.53. The summed E-state index contributed by atoms with van der Waals surface area (Å²) >= 11 is 0. The van der Waals surface area contributed by atoms with Crippen LogP contribution in [-0.4, -0.2) is 16.5 Å². The van der Waals surface area contributed by atoms with Crippen LogP contribution < -0.4 is 4.52 Å². The first-order valence-corrected chi connectivity index (χ1v) is 6.17. The van der Waals surface area contributed by atoms with Crippen molar-refractivity contribution in [1.29, 1.82) is 0 Å². The highest BCUT2D eigenvalue weighted by atomic mass is 31.1. The lowest BCUT2D eigenvalue weighted by atomic mass is 10.3. The van der Waals surface area contributed by atoms with Gasteiger partial charge < -0.3 is 4.52 Å². The number of carbonyl (C=O) groups is 2. The molecule has 1 unspecified atom stereocenters. The molecule has 2 rings (SSSR count). The molecule has 7 heteroatoms. The van der Waals surface area contributed by atoms with E-state index in [2.05, 4.69) is 0 Å². The first-order chi connectivity index (χ1) is 8.08. The largest absolute Gasteiger partial charge is 0.430 e. The standard InChI is InChI=1S/C10H9FNO4P/c11-7-1-3-8(4-2-7)16-17(15)12-9(13)5-6-10(12)14/h1-4,17H,5-6H2. The van der Waals surface area contributed by atoms with Gasteiger partial charge in [0.05, 0.1) is 0 Å². The summed E-state index contributed by atoms with van der Waals surface area (Å²) < 4.78 is 29.9. The van der Waals surface area contributed by atoms with Crippen LogP contribution in [-0.2, 0) is 14.2 Å². The summed E-state index contributed by atoms with van der Waals surface area (Å²) in [7, 11) is -2.97. The fraction of sp³-hybridized carbons (Fsp3) is 0.200. The number of nitrogens with zero attached hydrogens (tertiary/aromatic N) is 1. The lowest BCUT2D eigenvalue weighted by molar-refractivity contribution is -0.132. The van der Waals surface area contributed by atoms with Gasteiger partial charge in [-0.1, -0.05) is 0 Å². The molecule has 1 saturated heterocycles. The molecule has 0 saturated carbocycles. The molecule has 90 valence electrons. The van der Waals surface area contributed by atoms with Crippen LogP contribution >= 0.6 is 8.18 Å². The fourth-order valence-electron chi connectivity index (χ4n) is 1.43. The van der Waals surface area contributed by atoms with E-state index >= 15 is 0 Å². The lowest BCUT2D eigenvalue weighted by Gasteiger charge is -2.13. The van der Waals surface area contributed by atoms with E-state index in [1.807, 2.05) is 0 Å². The van der Waals surface area contributed by atoms with Crippen molar-refractivity contribution in [2.75, 3.05) is 0 Å². The van der Waals surface area contributed by atoms with Crippen LogP contribution in [0.2, 0.25) is 0 Å². The van der Waals surface area contributed by atoms with Crippen molar-refractivity contribution in [2.45, 2.75) is 12.8 Å². The average molecular weight is 257 g/mol. The van der Waals surface area contributed by atoms with Gasteiger partial charge >= 0.3 is 8.18 Å². The average Bonchev–Trinajstić information content (AvgIpc) is 2.62. The molecule has 0 aliphatic carbocycles. The van der Waals surface area contributed by atoms with Crippen molar-refractivity contribution in [1.82, 2.24) is 4.67 Å². The Morgan fingerprint density at radius 1 is 1.12 bits per heavy atom. The molecule has 1 aliphatic heterocycles. The molecular formula is C10H9FNO4P. The monoisotopic (exact) mass is 257 g/mol. The van der Waals surface area contributed by atoms with Gasteiger partial charge in [-0.2, -0.15) is 0 Å². The lowest BCUT2D eigenvalue weighted by Crippen LogP contribution is -2.22. The van der Waals surface area contributed by atoms with Crippen molar-refractivity contribution in [2.24, 2.45) is 0 Å². The van der Waals surface area contributed by atoms with E-state index < -0.39 is 25.8 Å². The van der Waals surface area contributed by atoms with Crippen LogP contribution in [0.3, 0.4) is 0 Å². The smallest absolute Gasteiger partial charge is 0.341 e. The van der Waals surface area contributed by atoms with Crippen molar-refractivity contribution in [3.8, 4) is 5.75 Å². The number of hydrogen-bond donors (Lipinski definition) is 0. The highest BCUT2D eigenvalue weighted by Crippen LogP contribution is 2.35. The molecule has 1 aromatic rings. The fourth-order valence-corrected chi connectivity index (χ4v) is 2.49. The maximum Gasteiger partial charge on any atom is 0.341 e. The Balaban J connectivity index is 2.09. The summed E-state index contributed by atoms with van der Waals surface area (Å²) in [6, 6.07) is 4.84. The Bertz CT molecular complexity index is 472. The molecule has 1 aromatic carbocycles. The van der Waals surface area contributed by atoms with E-state index in [1.165, 1.54) is 12.1 Å². The Morgan fingerprint density at radius 2 is 1.65 bits per heavy atom. The number of imide groups is 1. The molecule has 1 aliphatic rings. The third-order valence-electron chi connectivity index (χ3n) is 2.25. The van der Waals surface area contributed by atoms with Gasteiger partial charge in [-0.3, -0.25) is 14.2 Å². The van der Waals surface area contributed by atoms with E-state index in [-0.39, 0.29) is 18.6 Å². The van der Waals surface area contributed by atoms with Crippen LogP contribution in [0.5, 0.6) is 5.75 Å². The number of benzene rings is 1. The molecule has 1 fully saturated rings. The summed E-state index contributed by atoms with van der Waals surface area (Å²) in [5.41, 5.74) is 0. The minimum atomic E-state index is -2.97. The maximum atomic E-state index is 12.6. The van der Waals surface area contributed by atoms with E-state index in [0.717, 1.165) is 12.1 Å². The predicted molar refractivity (Wildman–Crippen MR) is 57.1 cm³/mol. The van der Waals surface area contributed by atoms with Crippen LogP contribution in [0, 0.1) is 5.82 Å². The highest BCUT2D eigenvalue weighted by molar-refractivity contribution is 7.38. The summed E-state index contributed by atoms with van der Waals surface area (Å²) in [5, 5.41) is 0. The number of rotatable bonds is 3. The predicted octanol–water partition coefficient (Wildman–Crippen LogP) is 1.74. The minimum absolute atomic E-state index is 0.0576. The molecule has 17 heavy (non-hydrogen) atoms. The number of halogens is 1. The first kappa shape index (κ1) is 11.8. The van der Waals surface area contributed by atoms with E-state index in [1.54, 1.807) is 0 Å². The van der Waals surface area contributed by atoms with Crippen molar-refractivity contribution in [3.05, 3.63) is 30.1 Å². The maximum absolute atomic E-state index is 12.6. The summed E-state index contributed by atoms with van der Waals surface area (Å²) in [5.74, 6) is -1.30. The van der Waals surface area contributed by atoms with Crippen LogP contribution in [0.15, 0.2) is 24.3 Å². The normalized spacial score (nSPS) is 17.4. The molecule has 0 spiro atoms. The first-order valence-electron chi connectivity index (χ1n) is 4.91. The Hall–Kier alpha value is -1.68. The van der Waals surface area contributed by atoms with Gasteiger partial charge in [-0.25, -0.2) is 9.06 Å². The number of amides is 2. The Morgan fingerprint density at radius 3 is 2.18 bits per heavy atom. The SMILES string of the molecule is O=C1CCC(=O)N1[PH](=O)Oc1ccc(F)cc1. The van der Waals surface area contributed by atoms with Gasteiger partial charge in [0, 0.05) is 12.8 Å². The topological polar surface area (TPSA) is 63.7 Å². The Kier molecular flexibility index (Phi) is 3.24.